The van der Waals surface area contributed by atoms with Gasteiger partial charge in [0.2, 0.25) is 5.91 Å². The van der Waals surface area contributed by atoms with E-state index in [1.165, 1.54) is 25.1 Å². The third-order valence-corrected chi connectivity index (χ3v) is 2.28. The fourth-order valence-electron chi connectivity index (χ4n) is 1.26. The number of carboxylic acid groups (broad SMARTS) is 1. The summed E-state index contributed by atoms with van der Waals surface area (Å²) < 4.78 is 13.2. The Morgan fingerprint density at radius 3 is 2.53 bits per heavy atom. The maximum atomic E-state index is 13.2. The largest absolute Gasteiger partial charge is 0.480 e. The second-order valence-corrected chi connectivity index (χ2v) is 3.79. The van der Waals surface area contributed by atoms with Gasteiger partial charge in [-0.3, -0.25) is 14.4 Å². The maximum absolute atomic E-state index is 13.2. The van der Waals surface area contributed by atoms with Crippen molar-refractivity contribution in [2.45, 2.75) is 13.0 Å². The fourth-order valence-corrected chi connectivity index (χ4v) is 1.26. The molecular formula is C12H13FN2O4. The van der Waals surface area contributed by atoms with E-state index in [9.17, 15) is 18.8 Å². The van der Waals surface area contributed by atoms with Crippen molar-refractivity contribution >= 4 is 17.8 Å². The molecule has 0 spiro atoms. The van der Waals surface area contributed by atoms with E-state index in [-0.39, 0.29) is 5.56 Å². The number of rotatable bonds is 5. The minimum atomic E-state index is -1.19. The lowest BCUT2D eigenvalue weighted by Crippen LogP contribution is -2.44. The molecule has 0 fully saturated rings. The number of hydrogen-bond acceptors (Lipinski definition) is 3. The van der Waals surface area contributed by atoms with Crippen molar-refractivity contribution in [2.75, 3.05) is 6.54 Å². The van der Waals surface area contributed by atoms with Crippen LogP contribution in [0.4, 0.5) is 4.39 Å². The van der Waals surface area contributed by atoms with Gasteiger partial charge in [0, 0.05) is 0 Å². The van der Waals surface area contributed by atoms with Crippen molar-refractivity contribution in [3.8, 4) is 0 Å². The molecule has 0 aliphatic carbocycles. The maximum Gasteiger partial charge on any atom is 0.325 e. The van der Waals surface area contributed by atoms with Gasteiger partial charge in [0.1, 0.15) is 11.9 Å². The summed E-state index contributed by atoms with van der Waals surface area (Å²) in [5.74, 6) is -3.29. The first-order valence-electron chi connectivity index (χ1n) is 5.46. The standard InChI is InChI=1S/C12H13FN2O4/c1-7(12(18)19)15-10(16)6-14-11(17)8-4-2-3-5-9(8)13/h2-5,7H,6H2,1H3,(H,14,17)(H,15,16)(H,18,19)/t7-/m1/s1. The molecule has 0 aliphatic heterocycles. The first-order chi connectivity index (χ1) is 8.91. The van der Waals surface area contributed by atoms with Crippen LogP contribution in [0.25, 0.3) is 0 Å². The lowest BCUT2D eigenvalue weighted by atomic mass is 10.2. The average Bonchev–Trinajstić information content (AvgIpc) is 2.36. The lowest BCUT2D eigenvalue weighted by molar-refractivity contribution is -0.141. The van der Waals surface area contributed by atoms with E-state index in [1.54, 1.807) is 0 Å². The Labute approximate surface area is 108 Å². The number of carbonyl (C=O) groups excluding carboxylic acids is 2. The van der Waals surface area contributed by atoms with Crippen LogP contribution in [0.3, 0.4) is 0 Å². The minimum absolute atomic E-state index is 0.179. The number of carbonyl (C=O) groups is 3. The molecule has 0 heterocycles. The van der Waals surface area contributed by atoms with Crippen LogP contribution < -0.4 is 10.6 Å². The van der Waals surface area contributed by atoms with Gasteiger partial charge in [-0.25, -0.2) is 4.39 Å². The molecule has 0 unspecified atom stereocenters. The number of nitrogens with one attached hydrogen (secondary N) is 2. The molecule has 2 amide bonds. The van der Waals surface area contributed by atoms with E-state index >= 15 is 0 Å². The molecule has 1 rings (SSSR count). The summed E-state index contributed by atoms with van der Waals surface area (Å²) in [6.07, 6.45) is 0. The van der Waals surface area contributed by atoms with E-state index in [0.29, 0.717) is 0 Å². The van der Waals surface area contributed by atoms with E-state index < -0.39 is 36.2 Å². The molecule has 1 aromatic rings. The third-order valence-electron chi connectivity index (χ3n) is 2.28. The van der Waals surface area contributed by atoms with Gasteiger partial charge in [-0.1, -0.05) is 12.1 Å². The quantitative estimate of drug-likeness (QED) is 0.708. The highest BCUT2D eigenvalue weighted by Crippen LogP contribution is 2.05. The summed E-state index contributed by atoms with van der Waals surface area (Å²) in [6, 6.07) is 4.28. The van der Waals surface area contributed by atoms with Crippen molar-refractivity contribution in [1.82, 2.24) is 10.6 Å². The number of aliphatic carboxylic acids is 1. The highest BCUT2D eigenvalue weighted by Gasteiger charge is 2.15. The summed E-state index contributed by atoms with van der Waals surface area (Å²) in [6.45, 7) is 0.865. The van der Waals surface area contributed by atoms with Gasteiger partial charge >= 0.3 is 5.97 Å². The molecule has 1 atom stereocenters. The van der Waals surface area contributed by atoms with Gasteiger partial charge < -0.3 is 15.7 Å². The zero-order valence-corrected chi connectivity index (χ0v) is 10.1. The summed E-state index contributed by atoms with van der Waals surface area (Å²) in [5, 5.41) is 12.9. The molecular weight excluding hydrogens is 255 g/mol. The molecule has 0 saturated carbocycles. The van der Waals surface area contributed by atoms with Crippen LogP contribution in [-0.2, 0) is 9.59 Å². The minimum Gasteiger partial charge on any atom is -0.480 e. The van der Waals surface area contributed by atoms with Crippen molar-refractivity contribution in [3.63, 3.8) is 0 Å². The molecule has 0 radical (unpaired) electrons. The van der Waals surface area contributed by atoms with Crippen molar-refractivity contribution in [2.24, 2.45) is 0 Å². The van der Waals surface area contributed by atoms with Gasteiger partial charge in [-0.15, -0.1) is 0 Å². The van der Waals surface area contributed by atoms with Crippen molar-refractivity contribution in [1.29, 1.82) is 0 Å². The topological polar surface area (TPSA) is 95.5 Å². The Kier molecular flexibility index (Phi) is 4.99. The smallest absolute Gasteiger partial charge is 0.325 e. The Hall–Kier alpha value is -2.44. The van der Waals surface area contributed by atoms with Crippen LogP contribution in [0.15, 0.2) is 24.3 Å². The number of halogens is 1. The number of benzene rings is 1. The number of amides is 2. The van der Waals surface area contributed by atoms with Gasteiger partial charge in [0.05, 0.1) is 12.1 Å². The molecule has 1 aromatic carbocycles. The molecule has 0 aliphatic rings. The molecule has 0 aromatic heterocycles. The molecule has 7 heteroatoms. The lowest BCUT2D eigenvalue weighted by Gasteiger charge is -2.10. The summed E-state index contributed by atoms with van der Waals surface area (Å²) in [4.78, 5) is 33.3. The van der Waals surface area contributed by atoms with Crippen molar-refractivity contribution < 1.29 is 23.9 Å². The van der Waals surface area contributed by atoms with Gasteiger partial charge in [0.25, 0.3) is 5.91 Å². The normalized spacial score (nSPS) is 11.5. The van der Waals surface area contributed by atoms with Crippen molar-refractivity contribution in [3.05, 3.63) is 35.6 Å². The monoisotopic (exact) mass is 268 g/mol. The van der Waals surface area contributed by atoms with Gasteiger partial charge in [-0.2, -0.15) is 0 Å². The second-order valence-electron chi connectivity index (χ2n) is 3.79. The number of hydrogen-bond donors (Lipinski definition) is 3. The van der Waals surface area contributed by atoms with E-state index in [0.717, 1.165) is 6.07 Å². The predicted molar refractivity (Wildman–Crippen MR) is 64.0 cm³/mol. The Morgan fingerprint density at radius 1 is 1.32 bits per heavy atom. The number of carboxylic acids is 1. The second kappa shape index (κ2) is 6.48. The zero-order chi connectivity index (χ0) is 14.4. The Balaban J connectivity index is 2.49. The van der Waals surface area contributed by atoms with Gasteiger partial charge in [0.15, 0.2) is 0 Å². The Bertz CT molecular complexity index is 504. The molecule has 3 N–H and O–H groups in total. The van der Waals surface area contributed by atoms with E-state index in [2.05, 4.69) is 10.6 Å². The highest BCUT2D eigenvalue weighted by atomic mass is 19.1. The zero-order valence-electron chi connectivity index (χ0n) is 10.1. The third kappa shape index (κ3) is 4.38. The van der Waals surface area contributed by atoms with Crippen LogP contribution in [-0.4, -0.2) is 35.5 Å². The van der Waals surface area contributed by atoms with Crippen LogP contribution in [0.1, 0.15) is 17.3 Å². The molecule has 19 heavy (non-hydrogen) atoms. The van der Waals surface area contributed by atoms with E-state index in [1.807, 2.05) is 0 Å². The molecule has 0 bridgehead atoms. The molecule has 6 nitrogen and oxygen atoms in total. The summed E-state index contributed by atoms with van der Waals surface area (Å²) in [5.41, 5.74) is -0.179. The van der Waals surface area contributed by atoms with Crippen LogP contribution in [0.5, 0.6) is 0 Å². The molecule has 0 saturated heterocycles. The summed E-state index contributed by atoms with van der Waals surface area (Å²) in [7, 11) is 0. The highest BCUT2D eigenvalue weighted by molar-refractivity contribution is 5.97. The van der Waals surface area contributed by atoms with Crippen LogP contribution >= 0.6 is 0 Å². The molecule has 102 valence electrons. The first-order valence-corrected chi connectivity index (χ1v) is 5.46. The fraction of sp³-hybridized carbons (Fsp3) is 0.250. The first kappa shape index (κ1) is 14.6. The summed E-state index contributed by atoms with van der Waals surface area (Å²) >= 11 is 0. The average molecular weight is 268 g/mol. The van der Waals surface area contributed by atoms with Crippen LogP contribution in [0, 0.1) is 5.82 Å². The Morgan fingerprint density at radius 2 is 1.95 bits per heavy atom. The van der Waals surface area contributed by atoms with Crippen LogP contribution in [0.2, 0.25) is 0 Å². The predicted octanol–water partition coefficient (Wildman–Crippen LogP) is 0.145. The SMILES string of the molecule is C[C@@H](NC(=O)CNC(=O)c1ccccc1F)C(=O)O. The van der Waals surface area contributed by atoms with Gasteiger partial charge in [-0.05, 0) is 19.1 Å². The van der Waals surface area contributed by atoms with E-state index in [4.69, 9.17) is 5.11 Å².